The molecule has 0 radical (unpaired) electrons. The molecule has 0 aliphatic carbocycles. The summed E-state index contributed by atoms with van der Waals surface area (Å²) in [5.74, 6) is -1.21. The zero-order chi connectivity index (χ0) is 18.6. The van der Waals surface area contributed by atoms with Gasteiger partial charge in [0.2, 0.25) is 5.02 Å². The molecule has 1 unspecified atom stereocenters. The molecule has 1 aromatic rings. The lowest BCUT2D eigenvalue weighted by atomic mass is 10.1. The Balaban J connectivity index is 2.79. The van der Waals surface area contributed by atoms with Crippen LogP contribution in [0.4, 0.5) is 0 Å². The Morgan fingerprint density at radius 2 is 1.62 bits per heavy atom. The van der Waals surface area contributed by atoms with E-state index < -0.39 is 45.2 Å². The number of hydrogen-bond donors (Lipinski definition) is 7. The second kappa shape index (κ2) is 7.86. The molecule has 8 N–H and O–H groups in total. The van der Waals surface area contributed by atoms with Crippen molar-refractivity contribution in [2.75, 3.05) is 6.54 Å². The van der Waals surface area contributed by atoms with Gasteiger partial charge in [-0.3, -0.25) is 13.9 Å². The molecule has 24 heavy (non-hydrogen) atoms. The van der Waals surface area contributed by atoms with Gasteiger partial charge in [0, 0.05) is 6.42 Å². The second-order valence-corrected chi connectivity index (χ2v) is 9.38. The molecule has 1 aromatic carbocycles. The van der Waals surface area contributed by atoms with Crippen molar-refractivity contribution in [1.82, 2.24) is 5.32 Å². The standard InChI is InChI=1S/C12H20N2O8P2/c13-12(23(17,18)19,24(20,21)22)6-7-14-10(11(15)16)8-9-4-2-1-3-5-9/h1-5,10,14H,6-8,13H2,(H,15,16)(H2,17,18,19)(H2,20,21,22). The van der Waals surface area contributed by atoms with Gasteiger partial charge in [0.05, 0.1) is 0 Å². The normalized spacial score (nSPS) is 14.4. The summed E-state index contributed by atoms with van der Waals surface area (Å²) in [6.07, 6.45) is -0.723. The number of benzene rings is 1. The molecule has 10 nitrogen and oxygen atoms in total. The van der Waals surface area contributed by atoms with Crippen LogP contribution in [0.1, 0.15) is 12.0 Å². The van der Waals surface area contributed by atoms with Crippen LogP contribution in [0.25, 0.3) is 0 Å². The molecule has 0 fully saturated rings. The number of hydrogen-bond acceptors (Lipinski definition) is 5. The Hall–Kier alpha value is -1.09. The Morgan fingerprint density at radius 3 is 2.04 bits per heavy atom. The maximum atomic E-state index is 11.3. The third kappa shape index (κ3) is 5.20. The lowest BCUT2D eigenvalue weighted by Crippen LogP contribution is -2.45. The minimum atomic E-state index is -5.33. The van der Waals surface area contributed by atoms with Gasteiger partial charge in [-0.15, -0.1) is 0 Å². The highest BCUT2D eigenvalue weighted by molar-refractivity contribution is 7.72. The minimum absolute atomic E-state index is 0.0829. The fourth-order valence-corrected chi connectivity index (χ4v) is 4.15. The molecule has 0 heterocycles. The average Bonchev–Trinajstić information content (AvgIpc) is 2.44. The summed E-state index contributed by atoms with van der Waals surface area (Å²) in [6, 6.07) is 7.51. The van der Waals surface area contributed by atoms with Crippen LogP contribution in [-0.4, -0.2) is 48.3 Å². The number of carboxylic acid groups (broad SMARTS) is 1. The monoisotopic (exact) mass is 382 g/mol. The van der Waals surface area contributed by atoms with Gasteiger partial charge in [0.25, 0.3) is 0 Å². The molecular weight excluding hydrogens is 362 g/mol. The lowest BCUT2D eigenvalue weighted by molar-refractivity contribution is -0.139. The highest BCUT2D eigenvalue weighted by Crippen LogP contribution is 2.67. The van der Waals surface area contributed by atoms with Gasteiger partial charge in [-0.25, -0.2) is 0 Å². The molecule has 0 bridgehead atoms. The first-order valence-corrected chi connectivity index (χ1v) is 10.0. The molecule has 12 heteroatoms. The first-order valence-electron chi connectivity index (χ1n) is 6.79. The number of nitrogens with two attached hydrogens (primary N) is 1. The molecular formula is C12H20N2O8P2. The molecule has 0 spiro atoms. The van der Waals surface area contributed by atoms with Gasteiger partial charge < -0.3 is 35.7 Å². The van der Waals surface area contributed by atoms with Crippen molar-refractivity contribution in [2.45, 2.75) is 23.9 Å². The van der Waals surface area contributed by atoms with Crippen molar-refractivity contribution in [3.63, 3.8) is 0 Å². The third-order valence-electron chi connectivity index (χ3n) is 3.47. The summed E-state index contributed by atoms with van der Waals surface area (Å²) in [7, 11) is -10.7. The summed E-state index contributed by atoms with van der Waals surface area (Å²) in [6.45, 7) is -0.406. The maximum absolute atomic E-state index is 11.3. The van der Waals surface area contributed by atoms with Gasteiger partial charge in [0.1, 0.15) is 6.04 Å². The van der Waals surface area contributed by atoms with Crippen LogP contribution in [0, 0.1) is 0 Å². The van der Waals surface area contributed by atoms with Gasteiger partial charge >= 0.3 is 21.2 Å². The maximum Gasteiger partial charge on any atom is 0.357 e. The molecule has 0 saturated carbocycles. The van der Waals surface area contributed by atoms with Crippen LogP contribution in [0.3, 0.4) is 0 Å². The SMILES string of the molecule is NC(CCNC(Cc1ccccc1)C(=O)O)(P(=O)(O)O)P(=O)(O)O. The summed E-state index contributed by atoms with van der Waals surface area (Å²) >= 11 is 0. The summed E-state index contributed by atoms with van der Waals surface area (Å²) < 4.78 is 22.7. The smallest absolute Gasteiger partial charge is 0.357 e. The van der Waals surface area contributed by atoms with Crippen LogP contribution >= 0.6 is 15.2 Å². The lowest BCUT2D eigenvalue weighted by Gasteiger charge is -2.31. The van der Waals surface area contributed by atoms with Crippen molar-refractivity contribution in [1.29, 1.82) is 0 Å². The van der Waals surface area contributed by atoms with E-state index in [1.165, 1.54) is 0 Å². The first kappa shape index (κ1) is 21.0. The zero-order valence-electron chi connectivity index (χ0n) is 12.5. The van der Waals surface area contributed by atoms with E-state index in [1.807, 2.05) is 0 Å². The average molecular weight is 382 g/mol. The molecule has 0 aromatic heterocycles. The quantitative estimate of drug-likeness (QED) is 0.277. The van der Waals surface area contributed by atoms with Crippen LogP contribution < -0.4 is 11.1 Å². The molecule has 0 aliphatic heterocycles. The van der Waals surface area contributed by atoms with E-state index in [0.29, 0.717) is 5.56 Å². The number of aliphatic carboxylic acids is 1. The molecule has 0 aliphatic rings. The fourth-order valence-electron chi connectivity index (χ4n) is 1.99. The number of nitrogens with one attached hydrogen (secondary N) is 1. The van der Waals surface area contributed by atoms with Crippen LogP contribution in [-0.2, 0) is 20.3 Å². The second-order valence-electron chi connectivity index (χ2n) is 5.25. The predicted molar refractivity (Wildman–Crippen MR) is 85.2 cm³/mol. The molecule has 1 atom stereocenters. The molecule has 0 amide bonds. The summed E-state index contributed by atoms with van der Waals surface area (Å²) in [4.78, 5) is 47.8. The van der Waals surface area contributed by atoms with E-state index in [2.05, 4.69) is 5.32 Å². The molecule has 136 valence electrons. The number of rotatable bonds is 9. The highest BCUT2D eigenvalue weighted by atomic mass is 31.2. The van der Waals surface area contributed by atoms with Gasteiger partial charge in [0.15, 0.2) is 0 Å². The summed E-state index contributed by atoms with van der Waals surface area (Å²) in [5.41, 5.74) is 5.96. The van der Waals surface area contributed by atoms with E-state index in [1.54, 1.807) is 30.3 Å². The van der Waals surface area contributed by atoms with Crippen LogP contribution in [0.2, 0.25) is 0 Å². The minimum Gasteiger partial charge on any atom is -0.480 e. The first-order chi connectivity index (χ1) is 10.9. The van der Waals surface area contributed by atoms with Crippen LogP contribution in [0.15, 0.2) is 30.3 Å². The highest BCUT2D eigenvalue weighted by Gasteiger charge is 2.56. The van der Waals surface area contributed by atoms with Crippen molar-refractivity contribution < 1.29 is 38.6 Å². The predicted octanol–water partition coefficient (Wildman–Crippen LogP) is -0.370. The van der Waals surface area contributed by atoms with Crippen LogP contribution in [0.5, 0.6) is 0 Å². The Morgan fingerprint density at radius 1 is 1.12 bits per heavy atom. The van der Waals surface area contributed by atoms with Gasteiger partial charge in [-0.1, -0.05) is 30.3 Å². The Bertz CT molecular complexity index is 634. The van der Waals surface area contributed by atoms with Crippen molar-refractivity contribution >= 4 is 21.2 Å². The Kier molecular flexibility index (Phi) is 6.86. The van der Waals surface area contributed by atoms with Gasteiger partial charge in [-0.05, 0) is 18.5 Å². The largest absolute Gasteiger partial charge is 0.480 e. The number of carboxylic acids is 1. The molecule has 0 saturated heterocycles. The molecule has 1 rings (SSSR count). The zero-order valence-corrected chi connectivity index (χ0v) is 14.3. The van der Waals surface area contributed by atoms with Crippen molar-refractivity contribution in [2.24, 2.45) is 5.73 Å². The van der Waals surface area contributed by atoms with E-state index in [9.17, 15) is 19.0 Å². The summed E-state index contributed by atoms with van der Waals surface area (Å²) in [5, 5.41) is 8.62. The van der Waals surface area contributed by atoms with Gasteiger partial charge in [-0.2, -0.15) is 0 Å². The van der Waals surface area contributed by atoms with E-state index in [4.69, 9.17) is 25.3 Å². The third-order valence-corrected chi connectivity index (χ3v) is 7.50. The topological polar surface area (TPSA) is 190 Å². The Labute approximate surface area is 138 Å². The van der Waals surface area contributed by atoms with E-state index >= 15 is 0 Å². The fraction of sp³-hybridized carbons (Fsp3) is 0.417. The number of carbonyl (C=O) groups is 1. The van der Waals surface area contributed by atoms with E-state index in [0.717, 1.165) is 0 Å². The van der Waals surface area contributed by atoms with Crippen molar-refractivity contribution in [3.8, 4) is 0 Å². The van der Waals surface area contributed by atoms with E-state index in [-0.39, 0.29) is 6.42 Å². The van der Waals surface area contributed by atoms with Crippen molar-refractivity contribution in [3.05, 3.63) is 35.9 Å².